The molecule has 1 N–H and O–H groups in total. The molecule has 0 spiro atoms. The van der Waals surface area contributed by atoms with E-state index >= 15 is 0 Å². The van der Waals surface area contributed by atoms with Gasteiger partial charge in [-0.05, 0) is 42.7 Å². The highest BCUT2D eigenvalue weighted by Gasteiger charge is 2.29. The van der Waals surface area contributed by atoms with Crippen LogP contribution in [0.5, 0.6) is 11.5 Å². The lowest BCUT2D eigenvalue weighted by Crippen LogP contribution is -2.47. The standard InChI is InChI=1S/C26H33N3O4/c1-31-21-12-8-9-19(15-21)17-29(26(30)27-20-10-4-3-5-11-20)18-22-16-24(28-33-22)23-13-6-7-14-25(23)32-2/h6-9,12-15,20,22H,3-5,10-11,16-18H2,1-2H3,(H,27,30). The lowest BCUT2D eigenvalue weighted by atomic mass is 9.96. The largest absolute Gasteiger partial charge is 0.497 e. The Kier molecular flexibility index (Phi) is 7.70. The van der Waals surface area contributed by atoms with Gasteiger partial charge >= 0.3 is 6.03 Å². The number of methoxy groups -OCH3 is 2. The second kappa shape index (κ2) is 11.1. The van der Waals surface area contributed by atoms with Crippen LogP contribution in [0.25, 0.3) is 0 Å². The van der Waals surface area contributed by atoms with E-state index in [9.17, 15) is 4.79 Å². The Morgan fingerprint density at radius 3 is 2.70 bits per heavy atom. The van der Waals surface area contributed by atoms with Crippen molar-refractivity contribution in [3.05, 3.63) is 59.7 Å². The molecular formula is C26H33N3O4. The molecule has 1 fully saturated rings. The Labute approximate surface area is 195 Å². The Balaban J connectivity index is 1.45. The van der Waals surface area contributed by atoms with Gasteiger partial charge in [0.25, 0.3) is 0 Å². The zero-order valence-electron chi connectivity index (χ0n) is 19.5. The molecule has 0 bridgehead atoms. The van der Waals surface area contributed by atoms with Crippen LogP contribution in [0.3, 0.4) is 0 Å². The van der Waals surface area contributed by atoms with E-state index in [1.54, 1.807) is 14.2 Å². The Morgan fingerprint density at radius 2 is 1.91 bits per heavy atom. The molecule has 1 saturated carbocycles. The molecule has 0 aromatic heterocycles. The topological polar surface area (TPSA) is 72.4 Å². The number of amides is 2. The minimum atomic E-state index is -0.215. The first kappa shape index (κ1) is 23.0. The van der Waals surface area contributed by atoms with Gasteiger partial charge in [-0.2, -0.15) is 0 Å². The summed E-state index contributed by atoms with van der Waals surface area (Å²) in [5.41, 5.74) is 2.77. The lowest BCUT2D eigenvalue weighted by Gasteiger charge is -2.29. The number of benzene rings is 2. The average Bonchev–Trinajstić information content (AvgIpc) is 3.32. The summed E-state index contributed by atoms with van der Waals surface area (Å²) in [7, 11) is 3.30. The van der Waals surface area contributed by atoms with Gasteiger partial charge < -0.3 is 24.5 Å². The Hall–Kier alpha value is -3.22. The van der Waals surface area contributed by atoms with Gasteiger partial charge in [0.2, 0.25) is 0 Å². The number of nitrogens with zero attached hydrogens (tertiary/aromatic N) is 2. The first-order valence-corrected chi connectivity index (χ1v) is 11.7. The van der Waals surface area contributed by atoms with Gasteiger partial charge in [-0.1, -0.05) is 48.7 Å². The predicted molar refractivity (Wildman–Crippen MR) is 128 cm³/mol. The number of ether oxygens (including phenoxy) is 2. The number of rotatable bonds is 8. The summed E-state index contributed by atoms with van der Waals surface area (Å²) in [6.45, 7) is 0.914. The van der Waals surface area contributed by atoms with Gasteiger partial charge in [0, 0.05) is 24.6 Å². The van der Waals surface area contributed by atoms with Crippen LogP contribution in [-0.4, -0.2) is 49.6 Å². The molecule has 176 valence electrons. The molecule has 0 saturated heterocycles. The van der Waals surface area contributed by atoms with E-state index < -0.39 is 0 Å². The number of urea groups is 1. The molecule has 1 aliphatic heterocycles. The third-order valence-corrected chi connectivity index (χ3v) is 6.30. The first-order valence-electron chi connectivity index (χ1n) is 11.7. The fraction of sp³-hybridized carbons (Fsp3) is 0.462. The van der Waals surface area contributed by atoms with Crippen LogP contribution < -0.4 is 14.8 Å². The van der Waals surface area contributed by atoms with Crippen LogP contribution in [0.15, 0.2) is 53.7 Å². The number of hydrogen-bond acceptors (Lipinski definition) is 5. The number of para-hydroxylation sites is 1. The second-order valence-corrected chi connectivity index (χ2v) is 8.69. The number of oxime groups is 1. The number of carbonyl (C=O) groups excluding carboxylic acids is 1. The van der Waals surface area contributed by atoms with Crippen LogP contribution >= 0.6 is 0 Å². The maximum Gasteiger partial charge on any atom is 0.318 e. The minimum absolute atomic E-state index is 0.0564. The van der Waals surface area contributed by atoms with Crippen molar-refractivity contribution in [3.8, 4) is 11.5 Å². The molecule has 2 amide bonds. The highest BCUT2D eigenvalue weighted by molar-refractivity contribution is 6.03. The zero-order chi connectivity index (χ0) is 23.0. The summed E-state index contributed by atoms with van der Waals surface area (Å²) >= 11 is 0. The average molecular weight is 452 g/mol. The van der Waals surface area contributed by atoms with Crippen molar-refractivity contribution in [2.75, 3.05) is 20.8 Å². The monoisotopic (exact) mass is 451 g/mol. The maximum atomic E-state index is 13.3. The van der Waals surface area contributed by atoms with Gasteiger partial charge in [-0.25, -0.2) is 4.79 Å². The van der Waals surface area contributed by atoms with E-state index in [1.165, 1.54) is 19.3 Å². The van der Waals surface area contributed by atoms with Gasteiger partial charge in [0.05, 0.1) is 26.5 Å². The van der Waals surface area contributed by atoms with Gasteiger partial charge in [-0.15, -0.1) is 0 Å². The first-order chi connectivity index (χ1) is 16.2. The quantitative estimate of drug-likeness (QED) is 0.629. The molecule has 4 rings (SSSR count). The third-order valence-electron chi connectivity index (χ3n) is 6.30. The van der Waals surface area contributed by atoms with Gasteiger partial charge in [0.1, 0.15) is 11.5 Å². The van der Waals surface area contributed by atoms with Crippen LogP contribution in [0.1, 0.15) is 49.7 Å². The van der Waals surface area contributed by atoms with Crippen molar-refractivity contribution in [1.82, 2.24) is 10.2 Å². The van der Waals surface area contributed by atoms with Gasteiger partial charge in [-0.3, -0.25) is 0 Å². The fourth-order valence-corrected chi connectivity index (χ4v) is 4.54. The molecule has 1 unspecified atom stereocenters. The van der Waals surface area contributed by atoms with Crippen LogP contribution in [0, 0.1) is 0 Å². The smallest absolute Gasteiger partial charge is 0.318 e. The summed E-state index contributed by atoms with van der Waals surface area (Å²) in [5.74, 6) is 1.54. The van der Waals surface area contributed by atoms with Crippen molar-refractivity contribution in [2.24, 2.45) is 5.16 Å². The predicted octanol–water partition coefficient (Wildman–Crippen LogP) is 4.74. The molecule has 2 aliphatic rings. The summed E-state index contributed by atoms with van der Waals surface area (Å²) in [6, 6.07) is 15.8. The molecule has 2 aromatic carbocycles. The molecule has 1 atom stereocenters. The van der Waals surface area contributed by atoms with Crippen molar-refractivity contribution < 1.29 is 19.1 Å². The minimum Gasteiger partial charge on any atom is -0.497 e. The third kappa shape index (κ3) is 5.97. The zero-order valence-corrected chi connectivity index (χ0v) is 19.5. The Morgan fingerprint density at radius 1 is 1.09 bits per heavy atom. The molecule has 7 nitrogen and oxygen atoms in total. The highest BCUT2D eigenvalue weighted by atomic mass is 16.6. The molecule has 33 heavy (non-hydrogen) atoms. The molecule has 0 radical (unpaired) electrons. The highest BCUT2D eigenvalue weighted by Crippen LogP contribution is 2.26. The van der Waals surface area contributed by atoms with Gasteiger partial charge in [0.15, 0.2) is 6.10 Å². The van der Waals surface area contributed by atoms with Crippen LogP contribution in [0.2, 0.25) is 0 Å². The summed E-state index contributed by atoms with van der Waals surface area (Å²) in [6.07, 6.45) is 6.07. The van der Waals surface area contributed by atoms with Crippen molar-refractivity contribution >= 4 is 11.7 Å². The van der Waals surface area contributed by atoms with Crippen molar-refractivity contribution in [1.29, 1.82) is 0 Å². The molecular weight excluding hydrogens is 418 g/mol. The normalized spacial score (nSPS) is 18.2. The summed E-state index contributed by atoms with van der Waals surface area (Å²) in [4.78, 5) is 20.9. The number of hydrogen-bond donors (Lipinski definition) is 1. The number of carbonyl (C=O) groups is 1. The molecule has 1 heterocycles. The number of nitrogens with one attached hydrogen (secondary N) is 1. The second-order valence-electron chi connectivity index (χ2n) is 8.69. The molecule has 7 heteroatoms. The summed E-state index contributed by atoms with van der Waals surface area (Å²) < 4.78 is 10.8. The molecule has 1 aliphatic carbocycles. The Bertz CT molecular complexity index is 972. The van der Waals surface area contributed by atoms with Crippen molar-refractivity contribution in [3.63, 3.8) is 0 Å². The van der Waals surface area contributed by atoms with Crippen molar-refractivity contribution in [2.45, 2.75) is 57.2 Å². The molecule has 2 aromatic rings. The van der Waals surface area contributed by atoms with E-state index in [-0.39, 0.29) is 18.2 Å². The SMILES string of the molecule is COc1cccc(CN(CC2CC(c3ccccc3OC)=NO2)C(=O)NC2CCCCC2)c1. The summed E-state index contributed by atoms with van der Waals surface area (Å²) in [5, 5.41) is 7.56. The van der Waals surface area contributed by atoms with E-state index in [0.29, 0.717) is 19.5 Å². The lowest BCUT2D eigenvalue weighted by molar-refractivity contribution is 0.0583. The van der Waals surface area contributed by atoms with Crippen LogP contribution in [0.4, 0.5) is 4.79 Å². The maximum absolute atomic E-state index is 13.3. The van der Waals surface area contributed by atoms with E-state index in [2.05, 4.69) is 10.5 Å². The van der Waals surface area contributed by atoms with E-state index in [4.69, 9.17) is 14.3 Å². The van der Waals surface area contributed by atoms with E-state index in [1.807, 2.05) is 53.4 Å². The van der Waals surface area contributed by atoms with Crippen LogP contribution in [-0.2, 0) is 11.4 Å². The van der Waals surface area contributed by atoms with E-state index in [0.717, 1.165) is 41.2 Å². The fourth-order valence-electron chi connectivity index (χ4n) is 4.54.